The van der Waals surface area contributed by atoms with Crippen LogP contribution in [0.5, 0.6) is 0 Å². The van der Waals surface area contributed by atoms with Crippen LogP contribution in [0, 0.1) is 19.8 Å². The molecule has 1 amide bonds. The molecule has 1 aromatic rings. The first-order valence-electron chi connectivity index (χ1n) is 6.52. The van der Waals surface area contributed by atoms with Gasteiger partial charge in [-0.2, -0.15) is 0 Å². The molecule has 1 unspecified atom stereocenters. The molecular formula is C15H25ClN2O. The lowest BCUT2D eigenvalue weighted by Gasteiger charge is -2.12. The summed E-state index contributed by atoms with van der Waals surface area (Å²) in [5.41, 5.74) is 3.84. The van der Waals surface area contributed by atoms with Crippen LogP contribution < -0.4 is 10.6 Å². The number of aryl methyl sites for hydroxylation is 2. The van der Waals surface area contributed by atoms with Gasteiger partial charge < -0.3 is 10.6 Å². The van der Waals surface area contributed by atoms with Gasteiger partial charge in [-0.05, 0) is 32.9 Å². The average molecular weight is 285 g/mol. The van der Waals surface area contributed by atoms with Crippen LogP contribution in [-0.2, 0) is 11.2 Å². The Morgan fingerprint density at radius 1 is 1.21 bits per heavy atom. The summed E-state index contributed by atoms with van der Waals surface area (Å²) in [5.74, 6) is 0.142. The molecule has 3 nitrogen and oxygen atoms in total. The van der Waals surface area contributed by atoms with Gasteiger partial charge >= 0.3 is 0 Å². The number of carbonyl (C=O) groups is 1. The van der Waals surface area contributed by atoms with E-state index in [4.69, 9.17) is 0 Å². The molecular weight excluding hydrogens is 260 g/mol. The second-order valence-electron chi connectivity index (χ2n) is 5.00. The predicted molar refractivity (Wildman–Crippen MR) is 83.0 cm³/mol. The average Bonchev–Trinajstić information content (AvgIpc) is 2.27. The predicted octanol–water partition coefficient (Wildman–Crippen LogP) is 2.24. The normalized spacial score (nSPS) is 11.6. The SMILES string of the molecule is CNCC(C)C(=O)NCCc1cc(C)cc(C)c1.Cl. The molecule has 0 radical (unpaired) electrons. The molecule has 0 saturated carbocycles. The number of carbonyl (C=O) groups excluding carboxylic acids is 1. The Morgan fingerprint density at radius 2 is 1.79 bits per heavy atom. The Bertz CT molecular complexity index is 387. The van der Waals surface area contributed by atoms with Crippen molar-refractivity contribution in [3.05, 3.63) is 34.9 Å². The molecule has 0 bridgehead atoms. The van der Waals surface area contributed by atoms with Gasteiger partial charge in [0.25, 0.3) is 0 Å². The lowest BCUT2D eigenvalue weighted by molar-refractivity contribution is -0.124. The van der Waals surface area contributed by atoms with Crippen molar-refractivity contribution in [1.29, 1.82) is 0 Å². The molecule has 0 spiro atoms. The van der Waals surface area contributed by atoms with Crippen molar-refractivity contribution in [2.75, 3.05) is 20.1 Å². The van der Waals surface area contributed by atoms with E-state index in [1.165, 1.54) is 16.7 Å². The zero-order valence-corrected chi connectivity index (χ0v) is 13.1. The summed E-state index contributed by atoms with van der Waals surface area (Å²) in [6, 6.07) is 6.52. The molecule has 1 rings (SSSR count). The summed E-state index contributed by atoms with van der Waals surface area (Å²) >= 11 is 0. The van der Waals surface area contributed by atoms with Crippen molar-refractivity contribution in [1.82, 2.24) is 10.6 Å². The highest BCUT2D eigenvalue weighted by Crippen LogP contribution is 2.09. The lowest BCUT2D eigenvalue weighted by Crippen LogP contribution is -2.35. The van der Waals surface area contributed by atoms with Gasteiger partial charge in [0.15, 0.2) is 0 Å². The van der Waals surface area contributed by atoms with Crippen molar-refractivity contribution >= 4 is 18.3 Å². The minimum Gasteiger partial charge on any atom is -0.355 e. The van der Waals surface area contributed by atoms with Gasteiger partial charge in [-0.3, -0.25) is 4.79 Å². The molecule has 0 aliphatic carbocycles. The largest absolute Gasteiger partial charge is 0.355 e. The quantitative estimate of drug-likeness (QED) is 0.841. The van der Waals surface area contributed by atoms with Crippen LogP contribution in [0.2, 0.25) is 0 Å². The van der Waals surface area contributed by atoms with E-state index in [1.807, 2.05) is 14.0 Å². The summed E-state index contributed by atoms with van der Waals surface area (Å²) < 4.78 is 0. The molecule has 108 valence electrons. The van der Waals surface area contributed by atoms with Crippen molar-refractivity contribution in [3.8, 4) is 0 Å². The summed E-state index contributed by atoms with van der Waals surface area (Å²) in [6.07, 6.45) is 0.889. The Morgan fingerprint density at radius 3 is 2.32 bits per heavy atom. The highest BCUT2D eigenvalue weighted by atomic mass is 35.5. The van der Waals surface area contributed by atoms with Crippen molar-refractivity contribution in [2.24, 2.45) is 5.92 Å². The van der Waals surface area contributed by atoms with E-state index in [9.17, 15) is 4.79 Å². The third kappa shape index (κ3) is 6.60. The zero-order chi connectivity index (χ0) is 13.5. The van der Waals surface area contributed by atoms with Gasteiger partial charge in [-0.25, -0.2) is 0 Å². The zero-order valence-electron chi connectivity index (χ0n) is 12.2. The minimum atomic E-state index is 0. The summed E-state index contributed by atoms with van der Waals surface area (Å²) in [7, 11) is 1.86. The molecule has 4 heteroatoms. The number of benzene rings is 1. The number of amides is 1. The maximum absolute atomic E-state index is 11.7. The molecule has 1 aromatic carbocycles. The van der Waals surface area contributed by atoms with E-state index < -0.39 is 0 Å². The Labute approximate surface area is 122 Å². The minimum absolute atomic E-state index is 0. The van der Waals surface area contributed by atoms with Crippen LogP contribution in [0.3, 0.4) is 0 Å². The standard InChI is InChI=1S/C15H24N2O.ClH/c1-11-7-12(2)9-14(8-11)5-6-17-15(18)13(3)10-16-4;/h7-9,13,16H,5-6,10H2,1-4H3,(H,17,18);1H. The number of halogens is 1. The van der Waals surface area contributed by atoms with Crippen molar-refractivity contribution in [2.45, 2.75) is 27.2 Å². The van der Waals surface area contributed by atoms with E-state index in [-0.39, 0.29) is 24.2 Å². The Hall–Kier alpha value is -1.06. The first-order valence-corrected chi connectivity index (χ1v) is 6.52. The van der Waals surface area contributed by atoms with Crippen LogP contribution in [0.25, 0.3) is 0 Å². The van der Waals surface area contributed by atoms with E-state index in [2.05, 4.69) is 42.7 Å². The molecule has 19 heavy (non-hydrogen) atoms. The first-order chi connectivity index (χ1) is 8.52. The van der Waals surface area contributed by atoms with Crippen LogP contribution in [0.4, 0.5) is 0 Å². The molecule has 0 aromatic heterocycles. The van der Waals surface area contributed by atoms with Gasteiger partial charge in [0.05, 0.1) is 0 Å². The number of hydrogen-bond donors (Lipinski definition) is 2. The topological polar surface area (TPSA) is 41.1 Å². The number of hydrogen-bond acceptors (Lipinski definition) is 2. The fraction of sp³-hybridized carbons (Fsp3) is 0.533. The van der Waals surface area contributed by atoms with Crippen molar-refractivity contribution in [3.63, 3.8) is 0 Å². The van der Waals surface area contributed by atoms with Crippen molar-refractivity contribution < 1.29 is 4.79 Å². The summed E-state index contributed by atoms with van der Waals surface area (Å²) in [5, 5.41) is 5.99. The van der Waals surface area contributed by atoms with Crippen LogP contribution in [0.15, 0.2) is 18.2 Å². The fourth-order valence-electron chi connectivity index (χ4n) is 2.12. The second-order valence-corrected chi connectivity index (χ2v) is 5.00. The second kappa shape index (κ2) is 8.94. The maximum atomic E-state index is 11.7. The lowest BCUT2D eigenvalue weighted by atomic mass is 10.0. The van der Waals surface area contributed by atoms with Crippen LogP contribution in [0.1, 0.15) is 23.6 Å². The van der Waals surface area contributed by atoms with Crippen LogP contribution in [-0.4, -0.2) is 26.0 Å². The van der Waals surface area contributed by atoms with Gasteiger partial charge in [-0.1, -0.05) is 36.2 Å². The van der Waals surface area contributed by atoms with Gasteiger partial charge in [0, 0.05) is 19.0 Å². The third-order valence-electron chi connectivity index (χ3n) is 2.95. The molecule has 2 N–H and O–H groups in total. The van der Waals surface area contributed by atoms with E-state index in [0.29, 0.717) is 6.54 Å². The molecule has 0 heterocycles. The van der Waals surface area contributed by atoms with Gasteiger partial charge in [-0.15, -0.1) is 12.4 Å². The highest BCUT2D eigenvalue weighted by Gasteiger charge is 2.10. The van der Waals surface area contributed by atoms with Gasteiger partial charge in [0.2, 0.25) is 5.91 Å². The van der Waals surface area contributed by atoms with E-state index in [0.717, 1.165) is 13.0 Å². The molecule has 1 atom stereocenters. The first kappa shape index (κ1) is 17.9. The van der Waals surface area contributed by atoms with E-state index >= 15 is 0 Å². The molecule has 0 aliphatic rings. The molecule has 0 aliphatic heterocycles. The third-order valence-corrected chi connectivity index (χ3v) is 2.95. The van der Waals surface area contributed by atoms with E-state index in [1.54, 1.807) is 0 Å². The molecule has 0 fully saturated rings. The Balaban J connectivity index is 0.00000324. The highest BCUT2D eigenvalue weighted by molar-refractivity contribution is 5.85. The smallest absolute Gasteiger partial charge is 0.224 e. The number of nitrogens with one attached hydrogen (secondary N) is 2. The van der Waals surface area contributed by atoms with Crippen LogP contribution >= 0.6 is 12.4 Å². The summed E-state index contributed by atoms with van der Waals surface area (Å²) in [4.78, 5) is 11.7. The monoisotopic (exact) mass is 284 g/mol. The molecule has 0 saturated heterocycles. The Kier molecular flexibility index (Phi) is 8.44. The fourth-order valence-corrected chi connectivity index (χ4v) is 2.12. The summed E-state index contributed by atoms with van der Waals surface area (Å²) in [6.45, 7) is 7.56. The van der Waals surface area contributed by atoms with Gasteiger partial charge in [0.1, 0.15) is 0 Å². The number of rotatable bonds is 6. The maximum Gasteiger partial charge on any atom is 0.224 e.